The minimum atomic E-state index is -0.549. The lowest BCUT2D eigenvalue weighted by Gasteiger charge is -2.30. The number of hydrogen-bond donors (Lipinski definition) is 1. The van der Waals surface area contributed by atoms with Crippen molar-refractivity contribution in [1.29, 1.82) is 0 Å². The summed E-state index contributed by atoms with van der Waals surface area (Å²) in [4.78, 5) is 24.6. The molecular weight excluding hydrogens is 306 g/mol. The summed E-state index contributed by atoms with van der Waals surface area (Å²) in [7, 11) is 0. The van der Waals surface area contributed by atoms with Crippen molar-refractivity contribution >= 4 is 23.2 Å². The lowest BCUT2D eigenvalue weighted by molar-refractivity contribution is -0.384. The number of amides is 1. The number of nitrogens with one attached hydrogen (secondary N) is 1. The maximum absolute atomic E-state index is 12.1. The average molecular weight is 328 g/mol. The van der Waals surface area contributed by atoms with Gasteiger partial charge in [0.25, 0.3) is 11.6 Å². The number of carbonyl (C=O) groups is 1. The highest BCUT2D eigenvalue weighted by Crippen LogP contribution is 2.21. The maximum atomic E-state index is 12.1. The molecule has 1 rings (SSSR count). The second-order valence-corrected chi connectivity index (χ2v) is 6.01. The second-order valence-electron chi connectivity index (χ2n) is 5.60. The third kappa shape index (κ3) is 4.96. The minimum absolute atomic E-state index is 0.122. The van der Waals surface area contributed by atoms with Gasteiger partial charge in [-0.15, -0.1) is 0 Å². The van der Waals surface area contributed by atoms with Crippen molar-refractivity contribution in [1.82, 2.24) is 10.2 Å². The lowest BCUT2D eigenvalue weighted by atomic mass is 10.2. The molecule has 1 aromatic carbocycles. The second kappa shape index (κ2) is 8.10. The van der Waals surface area contributed by atoms with Gasteiger partial charge in [-0.1, -0.05) is 11.6 Å². The quantitative estimate of drug-likeness (QED) is 0.616. The van der Waals surface area contributed by atoms with Crippen LogP contribution in [0.5, 0.6) is 0 Å². The zero-order chi connectivity index (χ0) is 16.9. The Morgan fingerprint density at radius 1 is 1.32 bits per heavy atom. The summed E-state index contributed by atoms with van der Waals surface area (Å²) >= 11 is 5.94. The predicted octanol–water partition coefficient (Wildman–Crippen LogP) is 3.10. The highest BCUT2D eigenvalue weighted by molar-refractivity contribution is 6.33. The van der Waals surface area contributed by atoms with Crippen molar-refractivity contribution in [2.45, 2.75) is 39.8 Å². The molecule has 0 aromatic heterocycles. The van der Waals surface area contributed by atoms with E-state index in [1.165, 1.54) is 18.2 Å². The molecule has 122 valence electrons. The fraction of sp³-hybridized carbons (Fsp3) is 0.533. The van der Waals surface area contributed by atoms with Crippen molar-refractivity contribution in [2.24, 2.45) is 0 Å². The summed E-state index contributed by atoms with van der Waals surface area (Å²) in [6, 6.07) is 4.58. The molecular formula is C15H22ClN3O3. The van der Waals surface area contributed by atoms with E-state index in [1.54, 1.807) is 0 Å². The number of benzene rings is 1. The molecule has 0 radical (unpaired) electrons. The summed E-state index contributed by atoms with van der Waals surface area (Å²) < 4.78 is 0. The van der Waals surface area contributed by atoms with Gasteiger partial charge in [0.15, 0.2) is 0 Å². The molecule has 0 saturated carbocycles. The Morgan fingerprint density at radius 2 is 1.91 bits per heavy atom. The molecule has 0 unspecified atom stereocenters. The molecule has 0 aliphatic rings. The van der Waals surface area contributed by atoms with Crippen LogP contribution >= 0.6 is 11.6 Å². The maximum Gasteiger partial charge on any atom is 0.270 e. The number of carbonyl (C=O) groups excluding carboxylic acids is 1. The van der Waals surface area contributed by atoms with Gasteiger partial charge in [0, 0.05) is 37.3 Å². The van der Waals surface area contributed by atoms with Crippen LogP contribution in [0, 0.1) is 10.1 Å². The van der Waals surface area contributed by atoms with E-state index in [0.29, 0.717) is 25.2 Å². The van der Waals surface area contributed by atoms with Crippen LogP contribution in [0.15, 0.2) is 18.2 Å². The van der Waals surface area contributed by atoms with Gasteiger partial charge in [-0.3, -0.25) is 19.8 Å². The smallest absolute Gasteiger partial charge is 0.270 e. The van der Waals surface area contributed by atoms with Gasteiger partial charge in [-0.2, -0.15) is 0 Å². The molecule has 0 saturated heterocycles. The Hall–Kier alpha value is -1.66. The highest BCUT2D eigenvalue weighted by Gasteiger charge is 2.17. The van der Waals surface area contributed by atoms with Crippen molar-refractivity contribution in [2.75, 3.05) is 13.1 Å². The molecule has 1 N–H and O–H groups in total. The summed E-state index contributed by atoms with van der Waals surface area (Å²) in [6.45, 7) is 9.54. The first-order valence-corrected chi connectivity index (χ1v) is 7.59. The van der Waals surface area contributed by atoms with E-state index in [2.05, 4.69) is 37.9 Å². The standard InChI is InChI=1S/C15H22ClN3O3/c1-10(2)18(11(3)4)8-7-17-15(20)13-9-12(19(21)22)5-6-14(13)16/h5-6,9-11H,7-8H2,1-4H3,(H,17,20). The highest BCUT2D eigenvalue weighted by atomic mass is 35.5. The van der Waals surface area contributed by atoms with Crippen LogP contribution in [0.1, 0.15) is 38.1 Å². The van der Waals surface area contributed by atoms with Crippen molar-refractivity contribution in [3.8, 4) is 0 Å². The van der Waals surface area contributed by atoms with Gasteiger partial charge >= 0.3 is 0 Å². The van der Waals surface area contributed by atoms with E-state index >= 15 is 0 Å². The normalized spacial score (nSPS) is 11.3. The molecule has 7 heteroatoms. The van der Waals surface area contributed by atoms with Gasteiger partial charge in [0.2, 0.25) is 0 Å². The Bertz CT molecular complexity index is 539. The van der Waals surface area contributed by atoms with Gasteiger partial charge in [0.1, 0.15) is 0 Å². The first-order valence-electron chi connectivity index (χ1n) is 7.22. The number of rotatable bonds is 7. The molecule has 0 spiro atoms. The van der Waals surface area contributed by atoms with Crippen LogP contribution < -0.4 is 5.32 Å². The zero-order valence-electron chi connectivity index (χ0n) is 13.3. The molecule has 6 nitrogen and oxygen atoms in total. The van der Waals surface area contributed by atoms with Gasteiger partial charge in [-0.25, -0.2) is 0 Å². The molecule has 22 heavy (non-hydrogen) atoms. The van der Waals surface area contributed by atoms with Crippen molar-refractivity contribution < 1.29 is 9.72 Å². The molecule has 0 atom stereocenters. The van der Waals surface area contributed by atoms with Crippen LogP contribution in [0.4, 0.5) is 5.69 Å². The molecule has 0 fully saturated rings. The van der Waals surface area contributed by atoms with E-state index < -0.39 is 10.8 Å². The molecule has 0 aliphatic heterocycles. The van der Waals surface area contributed by atoms with Crippen molar-refractivity contribution in [3.63, 3.8) is 0 Å². The number of nitro benzene ring substituents is 1. The molecule has 0 aliphatic carbocycles. The lowest BCUT2D eigenvalue weighted by Crippen LogP contribution is -2.42. The molecule has 1 aromatic rings. The fourth-order valence-electron chi connectivity index (χ4n) is 2.31. The van der Waals surface area contributed by atoms with Gasteiger partial charge in [-0.05, 0) is 33.8 Å². The van der Waals surface area contributed by atoms with E-state index in [0.717, 1.165) is 0 Å². The van der Waals surface area contributed by atoms with Crippen LogP contribution in [0.2, 0.25) is 5.02 Å². The monoisotopic (exact) mass is 327 g/mol. The van der Waals surface area contributed by atoms with Crippen molar-refractivity contribution in [3.05, 3.63) is 38.9 Å². The summed E-state index contributed by atoms with van der Waals surface area (Å²) in [5.74, 6) is -0.402. The minimum Gasteiger partial charge on any atom is -0.351 e. The third-order valence-corrected chi connectivity index (χ3v) is 3.72. The Morgan fingerprint density at radius 3 is 2.41 bits per heavy atom. The average Bonchev–Trinajstić information content (AvgIpc) is 2.42. The third-order valence-electron chi connectivity index (χ3n) is 3.39. The number of nitrogens with zero attached hydrogens (tertiary/aromatic N) is 2. The van der Waals surface area contributed by atoms with Crippen LogP contribution in [0.3, 0.4) is 0 Å². The topological polar surface area (TPSA) is 75.5 Å². The number of hydrogen-bond acceptors (Lipinski definition) is 4. The Kier molecular flexibility index (Phi) is 6.77. The van der Waals surface area contributed by atoms with E-state index in [-0.39, 0.29) is 16.3 Å². The SMILES string of the molecule is CC(C)N(CCNC(=O)c1cc([N+](=O)[O-])ccc1Cl)C(C)C. The van der Waals surface area contributed by atoms with E-state index in [9.17, 15) is 14.9 Å². The first kappa shape index (κ1) is 18.4. The molecule has 1 amide bonds. The number of non-ortho nitro benzene ring substituents is 1. The summed E-state index contributed by atoms with van der Waals surface area (Å²) in [5.41, 5.74) is -0.0305. The zero-order valence-corrected chi connectivity index (χ0v) is 14.1. The number of nitro groups is 1. The largest absolute Gasteiger partial charge is 0.351 e. The van der Waals surface area contributed by atoms with E-state index in [4.69, 9.17) is 11.6 Å². The Labute approximate surface area is 135 Å². The van der Waals surface area contributed by atoms with Crippen LogP contribution in [-0.2, 0) is 0 Å². The fourth-order valence-corrected chi connectivity index (χ4v) is 2.51. The predicted molar refractivity (Wildman–Crippen MR) is 87.4 cm³/mol. The first-order chi connectivity index (χ1) is 10.2. The van der Waals surface area contributed by atoms with Gasteiger partial charge < -0.3 is 5.32 Å². The summed E-state index contributed by atoms with van der Waals surface area (Å²) in [6.07, 6.45) is 0. The summed E-state index contributed by atoms with van der Waals surface area (Å²) in [5, 5.41) is 13.7. The van der Waals surface area contributed by atoms with Gasteiger partial charge in [0.05, 0.1) is 15.5 Å². The Balaban J connectivity index is 2.70. The number of halogens is 1. The van der Waals surface area contributed by atoms with Crippen LogP contribution in [0.25, 0.3) is 0 Å². The molecule has 0 heterocycles. The van der Waals surface area contributed by atoms with E-state index in [1.807, 2.05) is 0 Å². The molecule has 0 bridgehead atoms. The van der Waals surface area contributed by atoms with Crippen LogP contribution in [-0.4, -0.2) is 40.9 Å².